The molecule has 27 heavy (non-hydrogen) atoms. The van der Waals surface area contributed by atoms with Gasteiger partial charge in [-0.15, -0.1) is 0 Å². The first-order valence-corrected chi connectivity index (χ1v) is 9.11. The minimum absolute atomic E-state index is 0.0674. The summed E-state index contributed by atoms with van der Waals surface area (Å²) >= 11 is 0. The molecule has 6 heteroatoms. The molecule has 0 aliphatic carbocycles. The lowest BCUT2D eigenvalue weighted by Gasteiger charge is -2.13. The summed E-state index contributed by atoms with van der Waals surface area (Å²) in [6, 6.07) is 16.5. The SMILES string of the molecule is CCC(=O)COc1ccc(OCCNCC(O)COc2ccccc2)cc1. The number of rotatable bonds is 13. The molecule has 0 heterocycles. The van der Waals surface area contributed by atoms with Crippen molar-refractivity contribution in [1.82, 2.24) is 5.32 Å². The number of Topliss-reactive ketones (excluding diaryl/α,β-unsaturated/α-hetero) is 1. The fourth-order valence-electron chi connectivity index (χ4n) is 2.18. The molecule has 0 radical (unpaired) electrons. The van der Waals surface area contributed by atoms with Crippen LogP contribution in [0.4, 0.5) is 0 Å². The monoisotopic (exact) mass is 373 g/mol. The second kappa shape index (κ2) is 11.9. The van der Waals surface area contributed by atoms with Crippen molar-refractivity contribution in [1.29, 1.82) is 0 Å². The Hall–Kier alpha value is -2.57. The molecule has 1 atom stereocenters. The molecule has 0 amide bonds. The van der Waals surface area contributed by atoms with Gasteiger partial charge in [0, 0.05) is 19.5 Å². The number of benzene rings is 2. The van der Waals surface area contributed by atoms with Crippen molar-refractivity contribution in [3.63, 3.8) is 0 Å². The van der Waals surface area contributed by atoms with Gasteiger partial charge in [-0.3, -0.25) is 4.79 Å². The highest BCUT2D eigenvalue weighted by atomic mass is 16.5. The first-order valence-electron chi connectivity index (χ1n) is 9.11. The van der Waals surface area contributed by atoms with Gasteiger partial charge in [0.05, 0.1) is 0 Å². The van der Waals surface area contributed by atoms with Crippen LogP contribution in [0, 0.1) is 0 Å². The Bertz CT molecular complexity index is 660. The number of nitrogens with one attached hydrogen (secondary N) is 1. The van der Waals surface area contributed by atoms with E-state index in [2.05, 4.69) is 5.32 Å². The van der Waals surface area contributed by atoms with Gasteiger partial charge in [-0.05, 0) is 36.4 Å². The summed E-state index contributed by atoms with van der Waals surface area (Å²) in [6.45, 7) is 3.64. The zero-order chi connectivity index (χ0) is 19.3. The molecular weight excluding hydrogens is 346 g/mol. The number of ketones is 1. The van der Waals surface area contributed by atoms with Crippen molar-refractivity contribution >= 4 is 5.78 Å². The van der Waals surface area contributed by atoms with E-state index in [1.54, 1.807) is 24.3 Å². The van der Waals surface area contributed by atoms with E-state index in [0.29, 0.717) is 31.9 Å². The van der Waals surface area contributed by atoms with E-state index in [0.717, 1.165) is 11.5 Å². The van der Waals surface area contributed by atoms with Crippen LogP contribution in [0.1, 0.15) is 13.3 Å². The second-order valence-corrected chi connectivity index (χ2v) is 5.98. The Morgan fingerprint density at radius 1 is 0.963 bits per heavy atom. The summed E-state index contributed by atoms with van der Waals surface area (Å²) in [5, 5.41) is 13.0. The Morgan fingerprint density at radius 3 is 2.26 bits per heavy atom. The highest BCUT2D eigenvalue weighted by molar-refractivity contribution is 5.79. The van der Waals surface area contributed by atoms with Crippen molar-refractivity contribution in [3.05, 3.63) is 54.6 Å². The summed E-state index contributed by atoms with van der Waals surface area (Å²) in [6.07, 6.45) is -0.117. The topological polar surface area (TPSA) is 77.0 Å². The number of ether oxygens (including phenoxy) is 3. The number of hydrogen-bond acceptors (Lipinski definition) is 6. The normalized spacial score (nSPS) is 11.6. The molecule has 0 saturated carbocycles. The quantitative estimate of drug-likeness (QED) is 0.525. The lowest BCUT2D eigenvalue weighted by atomic mass is 10.3. The van der Waals surface area contributed by atoms with Crippen molar-refractivity contribution in [3.8, 4) is 17.2 Å². The number of aliphatic hydroxyl groups is 1. The van der Waals surface area contributed by atoms with Gasteiger partial charge in [0.15, 0.2) is 5.78 Å². The van der Waals surface area contributed by atoms with Crippen LogP contribution in [0.5, 0.6) is 17.2 Å². The lowest BCUT2D eigenvalue weighted by molar-refractivity contribution is -0.120. The van der Waals surface area contributed by atoms with E-state index in [4.69, 9.17) is 14.2 Å². The Kier molecular flexibility index (Phi) is 9.17. The van der Waals surface area contributed by atoms with Crippen LogP contribution in [0.2, 0.25) is 0 Å². The Balaban J connectivity index is 1.55. The molecule has 0 fully saturated rings. The average Bonchev–Trinajstić information content (AvgIpc) is 2.71. The number of carbonyl (C=O) groups excluding carboxylic acids is 1. The van der Waals surface area contributed by atoms with Crippen LogP contribution in [0.15, 0.2) is 54.6 Å². The largest absolute Gasteiger partial charge is 0.492 e. The van der Waals surface area contributed by atoms with Crippen molar-refractivity contribution < 1.29 is 24.1 Å². The molecule has 2 aromatic rings. The van der Waals surface area contributed by atoms with E-state index in [-0.39, 0.29) is 19.0 Å². The summed E-state index contributed by atoms with van der Waals surface area (Å²) < 4.78 is 16.5. The maximum absolute atomic E-state index is 11.2. The molecule has 6 nitrogen and oxygen atoms in total. The first kappa shape index (κ1) is 20.7. The van der Waals surface area contributed by atoms with Crippen LogP contribution >= 0.6 is 0 Å². The lowest BCUT2D eigenvalue weighted by Crippen LogP contribution is -2.33. The van der Waals surface area contributed by atoms with Crippen LogP contribution in [0.3, 0.4) is 0 Å². The molecular formula is C21H27NO5. The molecule has 0 spiro atoms. The molecule has 1 unspecified atom stereocenters. The van der Waals surface area contributed by atoms with Gasteiger partial charge >= 0.3 is 0 Å². The standard InChI is InChI=1S/C21H27NO5/c1-2-17(23)15-26-21-10-8-20(9-11-21)25-13-12-22-14-18(24)16-27-19-6-4-3-5-7-19/h3-11,18,22,24H,2,12-16H2,1H3. The smallest absolute Gasteiger partial charge is 0.169 e. The van der Waals surface area contributed by atoms with Gasteiger partial charge in [-0.2, -0.15) is 0 Å². The summed E-state index contributed by atoms with van der Waals surface area (Å²) in [5.41, 5.74) is 0. The van der Waals surface area contributed by atoms with Gasteiger partial charge in [0.1, 0.15) is 43.2 Å². The molecule has 2 aromatic carbocycles. The third-order valence-electron chi connectivity index (χ3n) is 3.73. The highest BCUT2D eigenvalue weighted by Crippen LogP contribution is 2.17. The molecule has 146 valence electrons. The van der Waals surface area contributed by atoms with Crippen LogP contribution in [-0.4, -0.2) is 49.9 Å². The van der Waals surface area contributed by atoms with Gasteiger partial charge in [0.2, 0.25) is 0 Å². The van der Waals surface area contributed by atoms with Crippen LogP contribution < -0.4 is 19.5 Å². The fraction of sp³-hybridized carbons (Fsp3) is 0.381. The van der Waals surface area contributed by atoms with Crippen LogP contribution in [0.25, 0.3) is 0 Å². The molecule has 0 aromatic heterocycles. The second-order valence-electron chi connectivity index (χ2n) is 5.98. The van der Waals surface area contributed by atoms with E-state index < -0.39 is 6.10 Å². The third kappa shape index (κ3) is 8.57. The molecule has 0 bridgehead atoms. The van der Waals surface area contributed by atoms with Crippen molar-refractivity contribution in [2.75, 3.05) is 32.9 Å². The molecule has 0 saturated heterocycles. The number of aliphatic hydroxyl groups excluding tert-OH is 1. The summed E-state index contributed by atoms with van der Waals surface area (Å²) in [5.74, 6) is 2.17. The van der Waals surface area contributed by atoms with E-state index in [9.17, 15) is 9.90 Å². The Labute approximate surface area is 160 Å². The van der Waals surface area contributed by atoms with Gasteiger partial charge in [-0.25, -0.2) is 0 Å². The average molecular weight is 373 g/mol. The third-order valence-corrected chi connectivity index (χ3v) is 3.73. The number of carbonyl (C=O) groups is 1. The maximum atomic E-state index is 11.2. The Morgan fingerprint density at radius 2 is 1.59 bits per heavy atom. The molecule has 2 rings (SSSR count). The molecule has 0 aliphatic heterocycles. The minimum atomic E-state index is -0.590. The van der Waals surface area contributed by atoms with Gasteiger partial charge in [0.25, 0.3) is 0 Å². The minimum Gasteiger partial charge on any atom is -0.492 e. The number of para-hydroxylation sites is 1. The highest BCUT2D eigenvalue weighted by Gasteiger charge is 2.05. The first-order chi connectivity index (χ1) is 13.2. The van der Waals surface area contributed by atoms with Gasteiger partial charge < -0.3 is 24.6 Å². The van der Waals surface area contributed by atoms with Crippen LogP contribution in [-0.2, 0) is 4.79 Å². The van der Waals surface area contributed by atoms with E-state index >= 15 is 0 Å². The van der Waals surface area contributed by atoms with E-state index in [1.807, 2.05) is 37.3 Å². The zero-order valence-electron chi connectivity index (χ0n) is 15.6. The fourth-order valence-corrected chi connectivity index (χ4v) is 2.18. The number of hydrogen-bond donors (Lipinski definition) is 2. The van der Waals surface area contributed by atoms with E-state index in [1.165, 1.54) is 0 Å². The predicted octanol–water partition coefficient (Wildman–Crippen LogP) is 2.45. The van der Waals surface area contributed by atoms with Gasteiger partial charge in [-0.1, -0.05) is 25.1 Å². The zero-order valence-corrected chi connectivity index (χ0v) is 15.6. The molecule has 2 N–H and O–H groups in total. The maximum Gasteiger partial charge on any atom is 0.169 e. The summed E-state index contributed by atoms with van der Waals surface area (Å²) in [4.78, 5) is 11.2. The van der Waals surface area contributed by atoms with Crippen molar-refractivity contribution in [2.24, 2.45) is 0 Å². The summed E-state index contributed by atoms with van der Waals surface area (Å²) in [7, 11) is 0. The molecule has 0 aliphatic rings. The van der Waals surface area contributed by atoms with Crippen molar-refractivity contribution in [2.45, 2.75) is 19.4 Å². The predicted molar refractivity (Wildman–Crippen MR) is 104 cm³/mol.